The number of benzene rings is 4. The summed E-state index contributed by atoms with van der Waals surface area (Å²) < 4.78 is 11.6. The van der Waals surface area contributed by atoms with Gasteiger partial charge in [0, 0.05) is 12.7 Å². The number of rotatable bonds is 11. The van der Waals surface area contributed by atoms with Gasteiger partial charge in [-0.25, -0.2) is 4.79 Å². The lowest BCUT2D eigenvalue weighted by Gasteiger charge is -2.30. The van der Waals surface area contributed by atoms with Crippen molar-refractivity contribution in [2.75, 3.05) is 19.5 Å². The molecular formula is C32H29N3O5. The van der Waals surface area contributed by atoms with Gasteiger partial charge in [-0.15, -0.1) is 0 Å². The Bertz CT molecular complexity index is 1480. The molecule has 1 unspecified atom stereocenters. The van der Waals surface area contributed by atoms with Gasteiger partial charge >= 0.3 is 5.97 Å². The molecule has 0 saturated carbocycles. The van der Waals surface area contributed by atoms with Crippen LogP contribution in [0.3, 0.4) is 0 Å². The van der Waals surface area contributed by atoms with Crippen LogP contribution in [0.15, 0.2) is 103 Å². The minimum atomic E-state index is -1.20. The lowest BCUT2D eigenvalue weighted by atomic mass is 10.0. The number of carbonyl (C=O) groups is 2. The van der Waals surface area contributed by atoms with Crippen molar-refractivity contribution >= 4 is 17.6 Å². The number of hydrogen-bond donors (Lipinski definition) is 2. The number of methoxy groups -OCH3 is 1. The Morgan fingerprint density at radius 1 is 0.900 bits per heavy atom. The molecule has 202 valence electrons. The van der Waals surface area contributed by atoms with Crippen LogP contribution in [-0.4, -0.2) is 36.0 Å². The van der Waals surface area contributed by atoms with E-state index in [0.29, 0.717) is 40.5 Å². The monoisotopic (exact) mass is 535 g/mol. The summed E-state index contributed by atoms with van der Waals surface area (Å²) in [4.78, 5) is 27.5. The standard InChI is InChI=1S/C32H29N3O5/c1-35(30(32(37)38)24-11-7-4-8-12-24)31(36)29(34-26-16-13-22(20-33)14-17-26)25-15-18-27(28(19-25)39-2)40-21-23-9-5-3-6-10-23/h3-19,29-30,34H,21H2,1-2H3,(H,37,38)/t29-,30?/m0/s1. The Morgan fingerprint density at radius 3 is 2.15 bits per heavy atom. The summed E-state index contributed by atoms with van der Waals surface area (Å²) in [6, 6.07) is 30.0. The number of carboxylic acids is 1. The average Bonchev–Trinajstić information content (AvgIpc) is 2.99. The number of amides is 1. The number of carboxylic acid groups (broad SMARTS) is 1. The third-order valence-corrected chi connectivity index (χ3v) is 6.41. The molecule has 1 amide bonds. The molecule has 4 aromatic carbocycles. The van der Waals surface area contributed by atoms with E-state index in [1.165, 1.54) is 19.1 Å². The van der Waals surface area contributed by atoms with Gasteiger partial charge in [-0.05, 0) is 53.1 Å². The van der Waals surface area contributed by atoms with E-state index in [1.807, 2.05) is 30.3 Å². The van der Waals surface area contributed by atoms with Crippen molar-refractivity contribution < 1.29 is 24.2 Å². The molecule has 0 aliphatic carbocycles. The minimum Gasteiger partial charge on any atom is -0.493 e. The molecule has 40 heavy (non-hydrogen) atoms. The van der Waals surface area contributed by atoms with Crippen molar-refractivity contribution in [3.8, 4) is 17.6 Å². The van der Waals surface area contributed by atoms with E-state index in [9.17, 15) is 14.7 Å². The van der Waals surface area contributed by atoms with Crippen LogP contribution in [0.4, 0.5) is 5.69 Å². The maximum atomic E-state index is 14.0. The molecule has 0 aliphatic heterocycles. The first kappa shape index (κ1) is 27.7. The van der Waals surface area contributed by atoms with Crippen LogP contribution in [0, 0.1) is 11.3 Å². The highest BCUT2D eigenvalue weighted by Crippen LogP contribution is 2.34. The Hall–Kier alpha value is -5.29. The van der Waals surface area contributed by atoms with E-state index in [1.54, 1.807) is 72.8 Å². The fourth-order valence-corrected chi connectivity index (χ4v) is 4.31. The van der Waals surface area contributed by atoms with E-state index in [-0.39, 0.29) is 0 Å². The van der Waals surface area contributed by atoms with E-state index >= 15 is 0 Å². The molecule has 0 fully saturated rings. The molecule has 2 N–H and O–H groups in total. The first-order valence-electron chi connectivity index (χ1n) is 12.6. The molecule has 8 nitrogen and oxygen atoms in total. The van der Waals surface area contributed by atoms with Gasteiger partial charge in [0.05, 0.1) is 18.7 Å². The predicted molar refractivity (Wildman–Crippen MR) is 151 cm³/mol. The quantitative estimate of drug-likeness (QED) is 0.258. The second-order valence-corrected chi connectivity index (χ2v) is 9.05. The van der Waals surface area contributed by atoms with Crippen LogP contribution in [0.1, 0.15) is 34.3 Å². The van der Waals surface area contributed by atoms with Crippen molar-refractivity contribution in [2.45, 2.75) is 18.7 Å². The number of likely N-dealkylation sites (N-methyl/N-ethyl adjacent to an activating group) is 1. The largest absolute Gasteiger partial charge is 0.493 e. The Balaban J connectivity index is 1.68. The summed E-state index contributed by atoms with van der Waals surface area (Å²) in [7, 11) is 2.98. The van der Waals surface area contributed by atoms with Gasteiger partial charge in [0.1, 0.15) is 12.6 Å². The van der Waals surface area contributed by atoms with Crippen molar-refractivity contribution in [1.82, 2.24) is 4.90 Å². The van der Waals surface area contributed by atoms with E-state index in [0.717, 1.165) is 5.56 Å². The maximum absolute atomic E-state index is 14.0. The van der Waals surface area contributed by atoms with Gasteiger partial charge in [0.25, 0.3) is 0 Å². The summed E-state index contributed by atoms with van der Waals surface area (Å²) in [6.45, 7) is 0.336. The highest BCUT2D eigenvalue weighted by Gasteiger charge is 2.33. The van der Waals surface area contributed by atoms with Crippen LogP contribution < -0.4 is 14.8 Å². The molecule has 8 heteroatoms. The normalized spacial score (nSPS) is 11.9. The van der Waals surface area contributed by atoms with Crippen LogP contribution in [0.5, 0.6) is 11.5 Å². The van der Waals surface area contributed by atoms with E-state index in [4.69, 9.17) is 14.7 Å². The molecule has 2 atom stereocenters. The number of carbonyl (C=O) groups excluding carboxylic acids is 1. The molecule has 0 saturated heterocycles. The van der Waals surface area contributed by atoms with Gasteiger partial charge in [-0.1, -0.05) is 66.7 Å². The van der Waals surface area contributed by atoms with Crippen LogP contribution >= 0.6 is 0 Å². The number of hydrogen-bond acceptors (Lipinski definition) is 6. The smallest absolute Gasteiger partial charge is 0.331 e. The summed E-state index contributed by atoms with van der Waals surface area (Å²) in [5, 5.41) is 22.4. The van der Waals surface area contributed by atoms with Crippen LogP contribution in [-0.2, 0) is 16.2 Å². The number of nitrogens with zero attached hydrogens (tertiary/aromatic N) is 2. The van der Waals surface area contributed by atoms with Crippen molar-refractivity contribution in [2.24, 2.45) is 0 Å². The highest BCUT2D eigenvalue weighted by molar-refractivity contribution is 5.90. The van der Waals surface area contributed by atoms with Gasteiger partial charge < -0.3 is 24.8 Å². The lowest BCUT2D eigenvalue weighted by Crippen LogP contribution is -2.40. The molecule has 0 radical (unpaired) electrons. The molecule has 4 rings (SSSR count). The lowest BCUT2D eigenvalue weighted by molar-refractivity contribution is -0.149. The molecule has 0 aromatic heterocycles. The molecule has 0 bridgehead atoms. The number of ether oxygens (including phenoxy) is 2. The van der Waals surface area contributed by atoms with Gasteiger partial charge in [0.2, 0.25) is 5.91 Å². The second kappa shape index (κ2) is 13.0. The Labute approximate surface area is 233 Å². The Kier molecular flexibility index (Phi) is 9.00. The Morgan fingerprint density at radius 2 is 1.55 bits per heavy atom. The van der Waals surface area contributed by atoms with E-state index in [2.05, 4.69) is 11.4 Å². The van der Waals surface area contributed by atoms with E-state index < -0.39 is 24.0 Å². The molecule has 4 aromatic rings. The number of nitrogens with one attached hydrogen (secondary N) is 1. The van der Waals surface area contributed by atoms with Gasteiger partial charge in [-0.2, -0.15) is 5.26 Å². The highest BCUT2D eigenvalue weighted by atomic mass is 16.5. The number of anilines is 1. The minimum absolute atomic E-state index is 0.336. The zero-order chi connectivity index (χ0) is 28.5. The molecule has 0 spiro atoms. The van der Waals surface area contributed by atoms with Crippen molar-refractivity contribution in [3.05, 3.63) is 125 Å². The third-order valence-electron chi connectivity index (χ3n) is 6.41. The topological polar surface area (TPSA) is 112 Å². The maximum Gasteiger partial charge on any atom is 0.331 e. The first-order chi connectivity index (χ1) is 19.4. The molecule has 0 heterocycles. The summed E-state index contributed by atoms with van der Waals surface area (Å²) >= 11 is 0. The SMILES string of the molecule is COc1cc([C@H](Nc2ccc(C#N)cc2)C(=O)N(C)C(C(=O)O)c2ccccc2)ccc1OCc1ccccc1. The zero-order valence-electron chi connectivity index (χ0n) is 22.2. The first-order valence-corrected chi connectivity index (χ1v) is 12.6. The van der Waals surface area contributed by atoms with Crippen LogP contribution in [0.2, 0.25) is 0 Å². The average molecular weight is 536 g/mol. The van der Waals surface area contributed by atoms with Gasteiger partial charge in [-0.3, -0.25) is 4.79 Å². The summed E-state index contributed by atoms with van der Waals surface area (Å²) in [5.41, 5.74) is 3.07. The predicted octanol–water partition coefficient (Wildman–Crippen LogP) is 5.58. The van der Waals surface area contributed by atoms with Crippen molar-refractivity contribution in [1.29, 1.82) is 5.26 Å². The summed E-state index contributed by atoms with van der Waals surface area (Å²) in [5.74, 6) is -0.698. The van der Waals surface area contributed by atoms with Gasteiger partial charge in [0.15, 0.2) is 17.5 Å². The molecular weight excluding hydrogens is 506 g/mol. The summed E-state index contributed by atoms with van der Waals surface area (Å²) in [6.07, 6.45) is 0. The fourth-order valence-electron chi connectivity index (χ4n) is 4.31. The fraction of sp³-hybridized carbons (Fsp3) is 0.156. The molecule has 0 aliphatic rings. The number of aliphatic carboxylic acids is 1. The van der Waals surface area contributed by atoms with Crippen LogP contribution in [0.25, 0.3) is 0 Å². The van der Waals surface area contributed by atoms with Crippen molar-refractivity contribution in [3.63, 3.8) is 0 Å². The number of nitriles is 1. The second-order valence-electron chi connectivity index (χ2n) is 9.05. The third kappa shape index (κ3) is 6.58. The zero-order valence-corrected chi connectivity index (χ0v) is 22.2.